The number of furan rings is 1. The van der Waals surface area contributed by atoms with Crippen LogP contribution in [0, 0.1) is 0 Å². The fourth-order valence-electron chi connectivity index (χ4n) is 2.14. The van der Waals surface area contributed by atoms with E-state index in [2.05, 4.69) is 9.82 Å². The Kier molecular flexibility index (Phi) is 4.11. The molecule has 3 aromatic heterocycles. The predicted molar refractivity (Wildman–Crippen MR) is 84.4 cm³/mol. The number of sulfonamides is 1. The van der Waals surface area contributed by atoms with E-state index in [0.29, 0.717) is 4.88 Å². The van der Waals surface area contributed by atoms with Crippen molar-refractivity contribution in [1.29, 1.82) is 0 Å². The topological polar surface area (TPSA) is 97.4 Å². The maximum Gasteiger partial charge on any atom is 0.243 e. The number of aryl methyl sites for hydroxylation is 1. The van der Waals surface area contributed by atoms with Gasteiger partial charge in [-0.05, 0) is 23.6 Å². The summed E-state index contributed by atoms with van der Waals surface area (Å²) in [6, 6.07) is 6.76. The molecule has 0 amide bonds. The van der Waals surface area contributed by atoms with Gasteiger partial charge in [-0.15, -0.1) is 11.3 Å². The zero-order chi connectivity index (χ0) is 16.5. The van der Waals surface area contributed by atoms with E-state index < -0.39 is 15.6 Å². The summed E-state index contributed by atoms with van der Waals surface area (Å²) < 4.78 is 33.8. The molecule has 0 radical (unpaired) electrons. The Morgan fingerprint density at radius 1 is 1.43 bits per heavy atom. The summed E-state index contributed by atoms with van der Waals surface area (Å²) in [4.78, 5) is 0.620. The quantitative estimate of drug-likeness (QED) is 0.696. The summed E-state index contributed by atoms with van der Waals surface area (Å²) in [5, 5.41) is 16.7. The van der Waals surface area contributed by atoms with Crippen LogP contribution in [0.4, 0.5) is 0 Å². The van der Waals surface area contributed by atoms with Crippen LogP contribution in [0.15, 0.2) is 57.6 Å². The van der Waals surface area contributed by atoms with Crippen LogP contribution in [0.5, 0.6) is 0 Å². The number of nitrogens with one attached hydrogen (secondary N) is 1. The minimum Gasteiger partial charge on any atom is -0.466 e. The van der Waals surface area contributed by atoms with Gasteiger partial charge in [-0.25, -0.2) is 13.1 Å². The van der Waals surface area contributed by atoms with E-state index in [0.717, 1.165) is 0 Å². The summed E-state index contributed by atoms with van der Waals surface area (Å²) in [6.07, 6.45) is 4.07. The molecule has 1 atom stereocenters. The second kappa shape index (κ2) is 5.93. The summed E-state index contributed by atoms with van der Waals surface area (Å²) in [5.74, 6) is 0.272. The largest absolute Gasteiger partial charge is 0.466 e. The van der Waals surface area contributed by atoms with Gasteiger partial charge in [-0.2, -0.15) is 5.10 Å². The van der Waals surface area contributed by atoms with Crippen LogP contribution in [0.25, 0.3) is 0 Å². The van der Waals surface area contributed by atoms with Gasteiger partial charge in [0.05, 0.1) is 19.0 Å². The molecule has 9 heteroatoms. The minimum absolute atomic E-state index is 0.0352. The third-order valence-corrected chi connectivity index (χ3v) is 5.74. The molecule has 2 N–H and O–H groups in total. The molecule has 0 aromatic carbocycles. The molecule has 0 spiro atoms. The molecule has 7 nitrogen and oxygen atoms in total. The Bertz CT molecular complexity index is 833. The van der Waals surface area contributed by atoms with E-state index >= 15 is 0 Å². The van der Waals surface area contributed by atoms with Gasteiger partial charge in [0.25, 0.3) is 0 Å². The van der Waals surface area contributed by atoms with Crippen molar-refractivity contribution in [2.45, 2.75) is 10.5 Å². The van der Waals surface area contributed by atoms with Crippen LogP contribution < -0.4 is 4.72 Å². The molecule has 0 saturated heterocycles. The second-order valence-electron chi connectivity index (χ2n) is 4.99. The van der Waals surface area contributed by atoms with Gasteiger partial charge in [0, 0.05) is 18.1 Å². The first-order valence-corrected chi connectivity index (χ1v) is 9.07. The molecule has 0 aliphatic heterocycles. The summed E-state index contributed by atoms with van der Waals surface area (Å²) >= 11 is 1.32. The monoisotopic (exact) mass is 353 g/mol. The van der Waals surface area contributed by atoms with Crippen molar-refractivity contribution in [2.75, 3.05) is 6.54 Å². The smallest absolute Gasteiger partial charge is 0.243 e. The van der Waals surface area contributed by atoms with Crippen LogP contribution in [0.2, 0.25) is 0 Å². The highest BCUT2D eigenvalue weighted by Gasteiger charge is 2.37. The lowest BCUT2D eigenvalue weighted by atomic mass is 9.99. The average molecular weight is 353 g/mol. The maximum atomic E-state index is 12.3. The highest BCUT2D eigenvalue weighted by Crippen LogP contribution is 2.33. The molecule has 3 aromatic rings. The molecule has 0 fully saturated rings. The van der Waals surface area contributed by atoms with Crippen molar-refractivity contribution in [3.8, 4) is 0 Å². The van der Waals surface area contributed by atoms with Crippen molar-refractivity contribution in [3.05, 3.63) is 58.9 Å². The van der Waals surface area contributed by atoms with Gasteiger partial charge in [0.1, 0.15) is 10.7 Å². The molecule has 23 heavy (non-hydrogen) atoms. The molecule has 122 valence electrons. The van der Waals surface area contributed by atoms with Gasteiger partial charge >= 0.3 is 0 Å². The van der Waals surface area contributed by atoms with Crippen molar-refractivity contribution >= 4 is 21.4 Å². The number of thiophene rings is 1. The fourth-order valence-corrected chi connectivity index (χ4v) is 4.02. The summed E-state index contributed by atoms with van der Waals surface area (Å²) in [6.45, 7) is -0.252. The van der Waals surface area contributed by atoms with E-state index in [-0.39, 0.29) is 17.2 Å². The first-order chi connectivity index (χ1) is 10.9. The average Bonchev–Trinajstić information content (AvgIpc) is 3.25. The normalized spacial score (nSPS) is 14.7. The van der Waals surface area contributed by atoms with Gasteiger partial charge < -0.3 is 9.52 Å². The van der Waals surface area contributed by atoms with Crippen molar-refractivity contribution < 1.29 is 17.9 Å². The molecular weight excluding hydrogens is 338 g/mol. The van der Waals surface area contributed by atoms with E-state index in [1.807, 2.05) is 0 Å². The fraction of sp³-hybridized carbons (Fsp3) is 0.214. The number of aromatic nitrogens is 2. The number of nitrogens with zero attached hydrogens (tertiary/aromatic N) is 2. The molecule has 3 rings (SSSR count). The molecular formula is C14H15N3O4S2. The van der Waals surface area contributed by atoms with E-state index in [9.17, 15) is 13.5 Å². The molecule has 0 unspecified atom stereocenters. The number of aliphatic hydroxyl groups is 1. The van der Waals surface area contributed by atoms with Crippen LogP contribution in [-0.4, -0.2) is 29.8 Å². The highest BCUT2D eigenvalue weighted by molar-refractivity contribution is 7.89. The Hall–Kier alpha value is -1.94. The highest BCUT2D eigenvalue weighted by atomic mass is 32.2. The van der Waals surface area contributed by atoms with Gasteiger partial charge in [0.15, 0.2) is 5.60 Å². The predicted octanol–water partition coefficient (Wildman–Crippen LogP) is 1.29. The molecule has 0 aliphatic rings. The lowest BCUT2D eigenvalue weighted by Crippen LogP contribution is -2.40. The SMILES string of the molecule is Cn1cc(S(=O)(=O)NC[C@](O)(c2ccco2)c2cccs2)cn1. The van der Waals surface area contributed by atoms with E-state index in [4.69, 9.17) is 4.42 Å². The van der Waals surface area contributed by atoms with E-state index in [1.165, 1.54) is 34.7 Å². The standard InChI is InChI=1S/C14H15N3O4S2/c1-17-9-11(8-15-17)23(19,20)16-10-14(18,12-4-2-6-21-12)13-5-3-7-22-13/h2-9,16,18H,10H2,1H3/t14-/m0/s1. The van der Waals surface area contributed by atoms with Crippen molar-refractivity contribution in [3.63, 3.8) is 0 Å². The first kappa shape index (κ1) is 15.9. The minimum atomic E-state index is -3.79. The van der Waals surface area contributed by atoms with Crippen molar-refractivity contribution in [2.24, 2.45) is 7.05 Å². The molecule has 0 saturated carbocycles. The molecule has 0 bridgehead atoms. The number of hydrogen-bond donors (Lipinski definition) is 2. The maximum absolute atomic E-state index is 12.3. The second-order valence-corrected chi connectivity index (χ2v) is 7.70. The van der Waals surface area contributed by atoms with Crippen LogP contribution in [0.3, 0.4) is 0 Å². The van der Waals surface area contributed by atoms with Gasteiger partial charge in [0.2, 0.25) is 10.0 Å². The Balaban J connectivity index is 1.89. The van der Waals surface area contributed by atoms with Crippen LogP contribution >= 0.6 is 11.3 Å². The third-order valence-electron chi connectivity index (χ3n) is 3.37. The Morgan fingerprint density at radius 2 is 2.26 bits per heavy atom. The molecule has 3 heterocycles. The number of rotatable bonds is 6. The summed E-state index contributed by atoms with van der Waals surface area (Å²) in [7, 11) is -2.16. The summed E-state index contributed by atoms with van der Waals surface area (Å²) in [5.41, 5.74) is -1.58. The van der Waals surface area contributed by atoms with Gasteiger partial charge in [-0.1, -0.05) is 6.07 Å². The lowest BCUT2D eigenvalue weighted by Gasteiger charge is -2.25. The van der Waals surface area contributed by atoms with Crippen LogP contribution in [-0.2, 0) is 22.7 Å². The Labute approximate surface area is 137 Å². The first-order valence-electron chi connectivity index (χ1n) is 6.70. The third kappa shape index (κ3) is 3.08. The van der Waals surface area contributed by atoms with E-state index in [1.54, 1.807) is 36.7 Å². The lowest BCUT2D eigenvalue weighted by molar-refractivity contribution is 0.0655. The van der Waals surface area contributed by atoms with Crippen LogP contribution in [0.1, 0.15) is 10.6 Å². The molecule has 0 aliphatic carbocycles. The zero-order valence-electron chi connectivity index (χ0n) is 12.2. The van der Waals surface area contributed by atoms with Gasteiger partial charge in [-0.3, -0.25) is 4.68 Å². The number of hydrogen-bond acceptors (Lipinski definition) is 6. The Morgan fingerprint density at radius 3 is 2.83 bits per heavy atom. The zero-order valence-corrected chi connectivity index (χ0v) is 13.8. The van der Waals surface area contributed by atoms with Crippen molar-refractivity contribution in [1.82, 2.24) is 14.5 Å².